The van der Waals surface area contributed by atoms with Crippen molar-refractivity contribution in [1.82, 2.24) is 5.32 Å². The number of nitrogens with two attached hydrogens (primary N) is 1. The van der Waals surface area contributed by atoms with Crippen molar-refractivity contribution in [2.45, 2.75) is 26.9 Å². The number of hydrogen-bond acceptors (Lipinski definition) is 4. The van der Waals surface area contributed by atoms with Gasteiger partial charge in [-0.2, -0.15) is 4.98 Å². The molecule has 0 aliphatic rings. The number of amides is 1. The van der Waals surface area contributed by atoms with Crippen molar-refractivity contribution in [3.05, 3.63) is 20.9 Å². The van der Waals surface area contributed by atoms with Crippen LogP contribution in [0.15, 0.2) is 0 Å². The summed E-state index contributed by atoms with van der Waals surface area (Å²) in [5, 5.41) is 2.49. The van der Waals surface area contributed by atoms with Gasteiger partial charge in [0, 0.05) is 6.54 Å². The third-order valence-corrected chi connectivity index (χ3v) is 3.83. The Labute approximate surface area is 143 Å². The normalized spacial score (nSPS) is 12.1. The molecule has 4 N–H and O–H groups in total. The van der Waals surface area contributed by atoms with Crippen LogP contribution in [0.2, 0.25) is 15.2 Å². The van der Waals surface area contributed by atoms with Gasteiger partial charge in [0.25, 0.3) is 11.1 Å². The fourth-order valence-electron chi connectivity index (χ4n) is 1.43. The molecule has 1 aromatic rings. The quantitative estimate of drug-likeness (QED) is 0.615. The molecule has 1 amide bonds. The lowest BCUT2D eigenvalue weighted by molar-refractivity contribution is -0.380. The number of anilines is 1. The second kappa shape index (κ2) is 7.85. The van der Waals surface area contributed by atoms with Gasteiger partial charge in [0.15, 0.2) is 6.10 Å². The molecule has 1 atom stereocenters. The molecule has 6 nitrogen and oxygen atoms in total. The number of aromatic nitrogens is 1. The first-order valence-corrected chi connectivity index (χ1v) is 7.62. The summed E-state index contributed by atoms with van der Waals surface area (Å²) in [5.74, 6) is -0.988. The van der Waals surface area contributed by atoms with Gasteiger partial charge in [-0.25, -0.2) is 4.79 Å². The topological polar surface area (TPSA) is 95.6 Å². The minimum Gasteiger partial charge on any atom is -0.445 e. The van der Waals surface area contributed by atoms with Crippen LogP contribution in [-0.4, -0.2) is 24.5 Å². The number of rotatable bonds is 5. The molecule has 122 valence electrons. The zero-order valence-corrected chi connectivity index (χ0v) is 14.6. The Kier molecular flexibility index (Phi) is 6.71. The average molecular weight is 370 g/mol. The van der Waals surface area contributed by atoms with E-state index in [1.54, 1.807) is 0 Å². The SMILES string of the molecule is CC(C)CNC(=O)[C@@H](C)OC(=O)c1[nH+]c(Cl)c(Cl)c(N)c1Cl. The predicted octanol–water partition coefficient (Wildman–Crippen LogP) is 2.36. The molecule has 0 bridgehead atoms. The fraction of sp³-hybridized carbons (Fsp3) is 0.462. The Hall–Kier alpha value is -1.24. The number of esters is 1. The first-order chi connectivity index (χ1) is 10.1. The molecule has 0 aliphatic carbocycles. The van der Waals surface area contributed by atoms with Crippen molar-refractivity contribution in [2.75, 3.05) is 12.3 Å². The highest BCUT2D eigenvalue weighted by molar-refractivity contribution is 6.45. The third-order valence-electron chi connectivity index (χ3n) is 2.66. The first-order valence-electron chi connectivity index (χ1n) is 6.49. The molecule has 0 saturated heterocycles. The number of nitrogen functional groups attached to an aromatic ring is 1. The minimum absolute atomic E-state index is 0.00550. The van der Waals surface area contributed by atoms with Gasteiger partial charge in [0.2, 0.25) is 0 Å². The highest BCUT2D eigenvalue weighted by atomic mass is 35.5. The van der Waals surface area contributed by atoms with E-state index in [4.69, 9.17) is 45.3 Å². The number of carbonyl (C=O) groups excluding carboxylic acids is 2. The predicted molar refractivity (Wildman–Crippen MR) is 85.2 cm³/mol. The summed E-state index contributed by atoms with van der Waals surface area (Å²) in [6.07, 6.45) is -0.994. The van der Waals surface area contributed by atoms with E-state index < -0.39 is 18.0 Å². The van der Waals surface area contributed by atoms with Gasteiger partial charge >= 0.3 is 11.7 Å². The van der Waals surface area contributed by atoms with Crippen LogP contribution in [0, 0.1) is 5.92 Å². The number of ether oxygens (including phenoxy) is 1. The van der Waals surface area contributed by atoms with Crippen molar-refractivity contribution in [3.63, 3.8) is 0 Å². The Morgan fingerprint density at radius 3 is 2.36 bits per heavy atom. The van der Waals surface area contributed by atoms with Crippen LogP contribution in [0.1, 0.15) is 31.3 Å². The van der Waals surface area contributed by atoms with Crippen molar-refractivity contribution < 1.29 is 19.3 Å². The molecular weight excluding hydrogens is 353 g/mol. The summed E-state index contributed by atoms with van der Waals surface area (Å²) in [7, 11) is 0. The summed E-state index contributed by atoms with van der Waals surface area (Å²) < 4.78 is 5.04. The van der Waals surface area contributed by atoms with E-state index in [9.17, 15) is 9.59 Å². The van der Waals surface area contributed by atoms with E-state index in [1.807, 2.05) is 13.8 Å². The van der Waals surface area contributed by atoms with Gasteiger partial charge in [-0.15, -0.1) is 0 Å². The summed E-state index contributed by atoms with van der Waals surface area (Å²) in [6, 6.07) is 0. The van der Waals surface area contributed by atoms with Crippen LogP contribution >= 0.6 is 34.8 Å². The molecule has 0 saturated carbocycles. The van der Waals surface area contributed by atoms with E-state index in [1.165, 1.54) is 6.92 Å². The second-order valence-corrected chi connectivity index (χ2v) is 6.18. The van der Waals surface area contributed by atoms with Gasteiger partial charge < -0.3 is 15.8 Å². The van der Waals surface area contributed by atoms with Crippen LogP contribution < -0.4 is 16.0 Å². The highest BCUT2D eigenvalue weighted by Crippen LogP contribution is 2.32. The Morgan fingerprint density at radius 2 is 1.82 bits per heavy atom. The lowest BCUT2D eigenvalue weighted by atomic mass is 10.2. The van der Waals surface area contributed by atoms with Crippen LogP contribution in [0.5, 0.6) is 0 Å². The number of halogens is 3. The molecular formula is C13H17Cl3N3O3+. The van der Waals surface area contributed by atoms with E-state index in [2.05, 4.69) is 10.3 Å². The lowest BCUT2D eigenvalue weighted by Crippen LogP contribution is -2.38. The van der Waals surface area contributed by atoms with Gasteiger partial charge in [-0.3, -0.25) is 4.79 Å². The standard InChI is InChI=1S/C13H16Cl3N3O3/c1-5(2)4-18-12(20)6(3)22-13(21)10-7(14)9(17)8(15)11(16)19-10/h5-6H,4H2,1-3H3,(H2,17,19)(H,18,20)/p+1/t6-/m1/s1. The maximum Gasteiger partial charge on any atom is 0.406 e. The zero-order chi connectivity index (χ0) is 17.0. The maximum absolute atomic E-state index is 12.1. The third kappa shape index (κ3) is 4.63. The number of nitrogens with one attached hydrogen (secondary N) is 2. The minimum atomic E-state index is -0.994. The average Bonchev–Trinajstić information content (AvgIpc) is 2.45. The largest absolute Gasteiger partial charge is 0.445 e. The van der Waals surface area contributed by atoms with Crippen molar-refractivity contribution >= 4 is 52.4 Å². The number of H-pyrrole nitrogens is 1. The van der Waals surface area contributed by atoms with E-state index in [0.29, 0.717) is 6.54 Å². The molecule has 0 aromatic carbocycles. The van der Waals surface area contributed by atoms with Crippen molar-refractivity contribution in [2.24, 2.45) is 5.92 Å². The van der Waals surface area contributed by atoms with E-state index in [0.717, 1.165) is 0 Å². The molecule has 9 heteroatoms. The molecule has 0 aliphatic heterocycles. The first kappa shape index (κ1) is 18.8. The smallest absolute Gasteiger partial charge is 0.406 e. The summed E-state index contributed by atoms with van der Waals surface area (Å²) in [4.78, 5) is 26.3. The fourth-order valence-corrected chi connectivity index (χ4v) is 2.04. The maximum atomic E-state index is 12.1. The van der Waals surface area contributed by atoms with Gasteiger partial charge in [-0.1, -0.05) is 37.0 Å². The molecule has 0 unspecified atom stereocenters. The molecule has 0 spiro atoms. The molecule has 1 heterocycles. The van der Waals surface area contributed by atoms with Crippen molar-refractivity contribution in [3.8, 4) is 0 Å². The monoisotopic (exact) mass is 368 g/mol. The van der Waals surface area contributed by atoms with Gasteiger partial charge in [-0.05, 0) is 24.4 Å². The summed E-state index contributed by atoms with van der Waals surface area (Å²) in [6.45, 7) is 5.82. The summed E-state index contributed by atoms with van der Waals surface area (Å²) in [5.41, 5.74) is 5.42. The highest BCUT2D eigenvalue weighted by Gasteiger charge is 2.29. The molecule has 0 fully saturated rings. The van der Waals surface area contributed by atoms with Gasteiger partial charge in [0.1, 0.15) is 10.0 Å². The number of pyridine rings is 1. The van der Waals surface area contributed by atoms with Crippen LogP contribution in [0.3, 0.4) is 0 Å². The lowest BCUT2D eigenvalue weighted by Gasteiger charge is -2.14. The van der Waals surface area contributed by atoms with Crippen molar-refractivity contribution in [1.29, 1.82) is 0 Å². The second-order valence-electron chi connectivity index (χ2n) is 5.04. The molecule has 1 aromatic heterocycles. The number of carbonyl (C=O) groups is 2. The van der Waals surface area contributed by atoms with E-state index in [-0.39, 0.29) is 32.5 Å². The Balaban J connectivity index is 2.83. The van der Waals surface area contributed by atoms with Crippen LogP contribution in [0.25, 0.3) is 0 Å². The number of aromatic amines is 1. The van der Waals surface area contributed by atoms with Crippen LogP contribution in [0.4, 0.5) is 5.69 Å². The van der Waals surface area contributed by atoms with Gasteiger partial charge in [0.05, 0.1) is 5.69 Å². The Morgan fingerprint density at radius 1 is 1.23 bits per heavy atom. The Bertz CT molecular complexity index is 594. The molecule has 0 radical (unpaired) electrons. The number of hydrogen-bond donors (Lipinski definition) is 2. The zero-order valence-electron chi connectivity index (χ0n) is 12.3. The van der Waals surface area contributed by atoms with Crippen LogP contribution in [-0.2, 0) is 9.53 Å². The molecule has 1 rings (SSSR count). The van der Waals surface area contributed by atoms with E-state index >= 15 is 0 Å². The molecule has 22 heavy (non-hydrogen) atoms. The summed E-state index contributed by atoms with van der Waals surface area (Å²) >= 11 is 17.5.